The van der Waals surface area contributed by atoms with Crippen LogP contribution in [0.15, 0.2) is 18.2 Å². The van der Waals surface area contributed by atoms with Crippen LogP contribution in [-0.4, -0.2) is 19.0 Å². The van der Waals surface area contributed by atoms with Crippen LogP contribution in [0, 0.1) is 17.6 Å². The highest BCUT2D eigenvalue weighted by atomic mass is 19.1. The normalized spacial score (nSPS) is 17.1. The molecule has 92 valence electrons. The fourth-order valence-electron chi connectivity index (χ4n) is 2.05. The fourth-order valence-corrected chi connectivity index (χ4v) is 2.05. The summed E-state index contributed by atoms with van der Waals surface area (Å²) in [4.78, 5) is 11.8. The number of hydrogen-bond donors (Lipinski definition) is 0. The third-order valence-electron chi connectivity index (χ3n) is 3.00. The van der Waals surface area contributed by atoms with E-state index in [1.165, 1.54) is 0 Å². The third kappa shape index (κ3) is 3.33. The summed E-state index contributed by atoms with van der Waals surface area (Å²) in [6, 6.07) is 2.95. The van der Waals surface area contributed by atoms with Gasteiger partial charge >= 0.3 is 0 Å². The Bertz CT molecular complexity index is 392. The first-order valence-corrected chi connectivity index (χ1v) is 5.72. The smallest absolute Gasteiger partial charge is 0.163 e. The summed E-state index contributed by atoms with van der Waals surface area (Å²) in [6.45, 7) is 1.32. The Balaban J connectivity index is 2.03. The van der Waals surface area contributed by atoms with Crippen LogP contribution in [0.1, 0.15) is 29.6 Å². The van der Waals surface area contributed by atoms with Crippen molar-refractivity contribution in [1.29, 1.82) is 0 Å². The highest BCUT2D eigenvalue weighted by molar-refractivity contribution is 5.96. The molecule has 1 fully saturated rings. The number of rotatable bonds is 3. The molecule has 1 heterocycles. The van der Waals surface area contributed by atoms with E-state index in [9.17, 15) is 13.6 Å². The van der Waals surface area contributed by atoms with Crippen molar-refractivity contribution >= 4 is 5.78 Å². The summed E-state index contributed by atoms with van der Waals surface area (Å²) in [5.74, 6) is -1.35. The quantitative estimate of drug-likeness (QED) is 0.759. The Morgan fingerprint density at radius 1 is 1.18 bits per heavy atom. The molecule has 0 N–H and O–H groups in total. The molecule has 0 spiro atoms. The van der Waals surface area contributed by atoms with Crippen LogP contribution in [0.3, 0.4) is 0 Å². The summed E-state index contributed by atoms with van der Waals surface area (Å²) in [6.07, 6.45) is 2.01. The van der Waals surface area contributed by atoms with Gasteiger partial charge < -0.3 is 4.74 Å². The standard InChI is InChI=1S/C13H14F2O2/c14-11-6-10(7-12(15)8-11)13(16)5-9-1-3-17-4-2-9/h6-9H,1-5H2. The zero-order valence-electron chi connectivity index (χ0n) is 9.42. The molecule has 4 heteroatoms. The zero-order valence-corrected chi connectivity index (χ0v) is 9.42. The molecule has 2 rings (SSSR count). The molecule has 0 unspecified atom stereocenters. The highest BCUT2D eigenvalue weighted by Gasteiger charge is 2.19. The van der Waals surface area contributed by atoms with E-state index in [4.69, 9.17) is 4.74 Å². The Hall–Kier alpha value is -1.29. The van der Waals surface area contributed by atoms with Crippen LogP contribution in [0.4, 0.5) is 8.78 Å². The van der Waals surface area contributed by atoms with Gasteiger partial charge in [-0.3, -0.25) is 4.79 Å². The monoisotopic (exact) mass is 240 g/mol. The molecule has 0 bridgehead atoms. The summed E-state index contributed by atoms with van der Waals surface area (Å²) in [5.41, 5.74) is 0.119. The maximum absolute atomic E-state index is 13.0. The molecule has 1 aliphatic rings. The number of carbonyl (C=O) groups is 1. The van der Waals surface area contributed by atoms with E-state index in [1.807, 2.05) is 0 Å². The van der Waals surface area contributed by atoms with Crippen molar-refractivity contribution in [1.82, 2.24) is 0 Å². The molecular weight excluding hydrogens is 226 g/mol. The van der Waals surface area contributed by atoms with Gasteiger partial charge in [-0.25, -0.2) is 8.78 Å². The molecule has 0 amide bonds. The van der Waals surface area contributed by atoms with Crippen molar-refractivity contribution in [2.24, 2.45) is 5.92 Å². The average Bonchev–Trinajstić information content (AvgIpc) is 2.29. The lowest BCUT2D eigenvalue weighted by molar-refractivity contribution is 0.0600. The van der Waals surface area contributed by atoms with Gasteiger partial charge in [-0.05, 0) is 30.9 Å². The van der Waals surface area contributed by atoms with Crippen LogP contribution >= 0.6 is 0 Å². The summed E-state index contributed by atoms with van der Waals surface area (Å²) in [5, 5.41) is 0. The van der Waals surface area contributed by atoms with Crippen molar-refractivity contribution in [2.45, 2.75) is 19.3 Å². The largest absolute Gasteiger partial charge is 0.381 e. The molecule has 0 radical (unpaired) electrons. The molecule has 1 aromatic rings. The lowest BCUT2D eigenvalue weighted by Gasteiger charge is -2.21. The van der Waals surface area contributed by atoms with E-state index in [-0.39, 0.29) is 17.3 Å². The summed E-state index contributed by atoms with van der Waals surface area (Å²) in [7, 11) is 0. The van der Waals surface area contributed by atoms with Crippen molar-refractivity contribution < 1.29 is 18.3 Å². The Kier molecular flexibility index (Phi) is 3.84. The van der Waals surface area contributed by atoms with Crippen LogP contribution in [0.25, 0.3) is 0 Å². The van der Waals surface area contributed by atoms with E-state index in [0.717, 1.165) is 31.0 Å². The molecule has 1 saturated heterocycles. The van der Waals surface area contributed by atoms with Crippen LogP contribution < -0.4 is 0 Å². The van der Waals surface area contributed by atoms with E-state index in [2.05, 4.69) is 0 Å². The number of hydrogen-bond acceptors (Lipinski definition) is 2. The molecule has 0 aliphatic carbocycles. The summed E-state index contributed by atoms with van der Waals surface area (Å²) >= 11 is 0. The predicted octanol–water partition coefficient (Wildman–Crippen LogP) is 2.96. The van der Waals surface area contributed by atoms with Gasteiger partial charge in [-0.15, -0.1) is 0 Å². The first-order chi connectivity index (χ1) is 8.15. The van der Waals surface area contributed by atoms with Crippen LogP contribution in [-0.2, 0) is 4.74 Å². The second kappa shape index (κ2) is 5.36. The molecule has 0 atom stereocenters. The maximum atomic E-state index is 13.0. The molecule has 1 aliphatic heterocycles. The third-order valence-corrected chi connectivity index (χ3v) is 3.00. The number of benzene rings is 1. The van der Waals surface area contributed by atoms with Crippen LogP contribution in [0.5, 0.6) is 0 Å². The molecule has 0 aromatic heterocycles. The fraction of sp³-hybridized carbons (Fsp3) is 0.462. The first kappa shape index (κ1) is 12.2. The minimum absolute atomic E-state index is 0.119. The van der Waals surface area contributed by atoms with Gasteiger partial charge in [0.25, 0.3) is 0 Å². The van der Waals surface area contributed by atoms with E-state index in [1.54, 1.807) is 0 Å². The molecule has 0 saturated carbocycles. The van der Waals surface area contributed by atoms with Gasteiger partial charge in [-0.1, -0.05) is 0 Å². The number of carbonyl (C=O) groups excluding carboxylic acids is 1. The predicted molar refractivity (Wildman–Crippen MR) is 58.8 cm³/mol. The van der Waals surface area contributed by atoms with Gasteiger partial charge in [0.1, 0.15) is 11.6 Å². The number of halogens is 2. The lowest BCUT2D eigenvalue weighted by atomic mass is 9.92. The number of ketones is 1. The first-order valence-electron chi connectivity index (χ1n) is 5.72. The van der Waals surface area contributed by atoms with Crippen molar-refractivity contribution in [2.75, 3.05) is 13.2 Å². The van der Waals surface area contributed by atoms with E-state index >= 15 is 0 Å². The molecule has 17 heavy (non-hydrogen) atoms. The van der Waals surface area contributed by atoms with Gasteiger partial charge in [0.15, 0.2) is 5.78 Å². The van der Waals surface area contributed by atoms with Gasteiger partial charge in [0, 0.05) is 31.3 Å². The second-order valence-corrected chi connectivity index (χ2v) is 4.34. The van der Waals surface area contributed by atoms with Crippen molar-refractivity contribution in [3.8, 4) is 0 Å². The lowest BCUT2D eigenvalue weighted by Crippen LogP contribution is -2.18. The molecule has 2 nitrogen and oxygen atoms in total. The van der Waals surface area contributed by atoms with Crippen molar-refractivity contribution in [3.05, 3.63) is 35.4 Å². The Morgan fingerprint density at radius 2 is 1.76 bits per heavy atom. The van der Waals surface area contributed by atoms with Gasteiger partial charge in [0.2, 0.25) is 0 Å². The molecular formula is C13H14F2O2. The highest BCUT2D eigenvalue weighted by Crippen LogP contribution is 2.21. The SMILES string of the molecule is O=C(CC1CCOCC1)c1cc(F)cc(F)c1. The van der Waals surface area contributed by atoms with E-state index in [0.29, 0.717) is 19.6 Å². The second-order valence-electron chi connectivity index (χ2n) is 4.34. The minimum Gasteiger partial charge on any atom is -0.381 e. The zero-order chi connectivity index (χ0) is 12.3. The number of Topliss-reactive ketones (excluding diaryl/α,β-unsaturated/α-hetero) is 1. The van der Waals surface area contributed by atoms with E-state index < -0.39 is 11.6 Å². The minimum atomic E-state index is -0.708. The summed E-state index contributed by atoms with van der Waals surface area (Å²) < 4.78 is 31.1. The average molecular weight is 240 g/mol. The Morgan fingerprint density at radius 3 is 2.35 bits per heavy atom. The topological polar surface area (TPSA) is 26.3 Å². The van der Waals surface area contributed by atoms with Crippen molar-refractivity contribution in [3.63, 3.8) is 0 Å². The Labute approximate surface area is 98.6 Å². The van der Waals surface area contributed by atoms with Gasteiger partial charge in [-0.2, -0.15) is 0 Å². The van der Waals surface area contributed by atoms with Gasteiger partial charge in [0.05, 0.1) is 0 Å². The maximum Gasteiger partial charge on any atom is 0.163 e. The molecule has 1 aromatic carbocycles. The van der Waals surface area contributed by atoms with Crippen LogP contribution in [0.2, 0.25) is 0 Å². The number of ether oxygens (including phenoxy) is 1.